The van der Waals surface area contributed by atoms with Crippen molar-refractivity contribution < 1.29 is 23.1 Å². The number of H-pyrrole nitrogens is 1. The molecule has 192 valence electrons. The Bertz CT molecular complexity index is 1380. The molecule has 0 spiro atoms. The van der Waals surface area contributed by atoms with Gasteiger partial charge in [0.2, 0.25) is 0 Å². The number of halogens is 3. The van der Waals surface area contributed by atoms with Crippen molar-refractivity contribution in [2.45, 2.75) is 50.6 Å². The second-order valence-corrected chi connectivity index (χ2v) is 9.02. The molecular weight excluding hydrogens is 489 g/mol. The smallest absolute Gasteiger partial charge is 0.416 e. The van der Waals surface area contributed by atoms with Crippen LogP contribution in [0.2, 0.25) is 0 Å². The van der Waals surface area contributed by atoms with Crippen LogP contribution in [0.25, 0.3) is 0 Å². The Kier molecular flexibility index (Phi) is 6.13. The minimum absolute atomic E-state index is 0.0332. The van der Waals surface area contributed by atoms with E-state index in [9.17, 15) is 23.1 Å². The molecule has 0 unspecified atom stereocenters. The minimum Gasteiger partial charge on any atom is -0.505 e. The normalized spacial score (nSPS) is 18.8. The van der Waals surface area contributed by atoms with Crippen LogP contribution in [0.5, 0.6) is 5.75 Å². The second kappa shape index (κ2) is 9.30. The molecule has 0 radical (unpaired) electrons. The zero-order valence-electron chi connectivity index (χ0n) is 19.7. The number of amides is 1. The Hall–Kier alpha value is -4.29. The lowest BCUT2D eigenvalue weighted by Gasteiger charge is -2.36. The molecule has 0 saturated heterocycles. The Morgan fingerprint density at radius 1 is 1.14 bits per heavy atom. The molecule has 3 N–H and O–H groups in total. The SMILES string of the molecule is CC1=NN(c2cccc(C(F)(F)F)c2)C(=O)/C1=N/Nc1cccc(C2(c3nnn[nH]3)CCCCC2)c1O. The summed E-state index contributed by atoms with van der Waals surface area (Å²) in [7, 11) is 0. The highest BCUT2D eigenvalue weighted by Crippen LogP contribution is 2.48. The number of aromatic nitrogens is 4. The summed E-state index contributed by atoms with van der Waals surface area (Å²) >= 11 is 0. The molecule has 13 heteroatoms. The number of anilines is 2. The van der Waals surface area contributed by atoms with Crippen molar-refractivity contribution in [2.24, 2.45) is 10.2 Å². The molecule has 2 aromatic carbocycles. The number of alkyl halides is 3. The van der Waals surface area contributed by atoms with Crippen LogP contribution in [0.15, 0.2) is 52.7 Å². The zero-order chi connectivity index (χ0) is 26.2. The van der Waals surface area contributed by atoms with Gasteiger partial charge in [-0.05, 0) is 54.5 Å². The van der Waals surface area contributed by atoms with Crippen molar-refractivity contribution in [1.29, 1.82) is 0 Å². The molecule has 1 fully saturated rings. The Labute approximate surface area is 209 Å². The van der Waals surface area contributed by atoms with Crippen molar-refractivity contribution in [3.63, 3.8) is 0 Å². The molecule has 2 aliphatic rings. The fourth-order valence-electron chi connectivity index (χ4n) is 4.90. The number of nitrogens with one attached hydrogen (secondary N) is 2. The highest BCUT2D eigenvalue weighted by atomic mass is 19.4. The predicted molar refractivity (Wildman–Crippen MR) is 129 cm³/mol. The predicted octanol–water partition coefficient (Wildman–Crippen LogP) is 4.36. The van der Waals surface area contributed by atoms with E-state index in [-0.39, 0.29) is 28.5 Å². The van der Waals surface area contributed by atoms with Gasteiger partial charge in [0.25, 0.3) is 0 Å². The van der Waals surface area contributed by atoms with Gasteiger partial charge >= 0.3 is 12.1 Å². The molecule has 1 aliphatic heterocycles. The summed E-state index contributed by atoms with van der Waals surface area (Å²) in [5.41, 5.74) is 2.21. The summed E-state index contributed by atoms with van der Waals surface area (Å²) in [6.45, 7) is 1.52. The van der Waals surface area contributed by atoms with Gasteiger partial charge in [0.05, 0.1) is 28.1 Å². The first-order chi connectivity index (χ1) is 17.7. The molecular formula is C24H23F3N8O2. The molecule has 1 aliphatic carbocycles. The number of phenolic OH excluding ortho intramolecular Hbond substituents is 1. The average molecular weight is 512 g/mol. The second-order valence-electron chi connectivity index (χ2n) is 9.02. The third-order valence-electron chi connectivity index (χ3n) is 6.75. The van der Waals surface area contributed by atoms with Crippen LogP contribution in [0, 0.1) is 0 Å². The van der Waals surface area contributed by atoms with Crippen molar-refractivity contribution in [3.05, 3.63) is 59.4 Å². The summed E-state index contributed by atoms with van der Waals surface area (Å²) in [6.07, 6.45) is -0.128. The van der Waals surface area contributed by atoms with Gasteiger partial charge in [0, 0.05) is 5.56 Å². The quantitative estimate of drug-likeness (QED) is 0.344. The van der Waals surface area contributed by atoms with Crippen LogP contribution in [0.4, 0.5) is 24.5 Å². The van der Waals surface area contributed by atoms with Crippen molar-refractivity contribution in [2.75, 3.05) is 10.4 Å². The van der Waals surface area contributed by atoms with E-state index in [0.717, 1.165) is 49.2 Å². The Morgan fingerprint density at radius 2 is 1.89 bits per heavy atom. The number of tetrazole rings is 1. The van der Waals surface area contributed by atoms with Crippen LogP contribution in [0.1, 0.15) is 56.0 Å². The lowest BCUT2D eigenvalue weighted by Crippen LogP contribution is -2.32. The van der Waals surface area contributed by atoms with E-state index in [1.807, 2.05) is 6.07 Å². The van der Waals surface area contributed by atoms with Gasteiger partial charge in [-0.3, -0.25) is 10.2 Å². The number of rotatable bonds is 5. The maximum Gasteiger partial charge on any atom is 0.416 e. The van der Waals surface area contributed by atoms with Crippen molar-refractivity contribution >= 4 is 28.7 Å². The average Bonchev–Trinajstić information content (AvgIpc) is 3.52. The van der Waals surface area contributed by atoms with E-state index in [0.29, 0.717) is 11.4 Å². The highest BCUT2D eigenvalue weighted by molar-refractivity contribution is 6.71. The van der Waals surface area contributed by atoms with Gasteiger partial charge in [-0.1, -0.05) is 37.5 Å². The molecule has 0 bridgehead atoms. The Morgan fingerprint density at radius 3 is 2.59 bits per heavy atom. The summed E-state index contributed by atoms with van der Waals surface area (Å²) in [5, 5.41) is 34.7. The number of para-hydroxylation sites is 1. The first-order valence-electron chi connectivity index (χ1n) is 11.7. The molecule has 1 aromatic heterocycles. The number of phenols is 1. The molecule has 37 heavy (non-hydrogen) atoms. The van der Waals surface area contributed by atoms with Gasteiger partial charge in [0.1, 0.15) is 5.75 Å². The van der Waals surface area contributed by atoms with E-state index in [4.69, 9.17) is 0 Å². The molecule has 0 atom stereocenters. The number of nitrogens with zero attached hydrogens (tertiary/aromatic N) is 6. The van der Waals surface area contributed by atoms with E-state index < -0.39 is 23.1 Å². The van der Waals surface area contributed by atoms with Crippen LogP contribution >= 0.6 is 0 Å². The molecule has 1 saturated carbocycles. The van der Waals surface area contributed by atoms with E-state index in [2.05, 4.69) is 36.3 Å². The van der Waals surface area contributed by atoms with Crippen LogP contribution in [-0.4, -0.2) is 43.1 Å². The van der Waals surface area contributed by atoms with E-state index in [1.165, 1.54) is 19.1 Å². The number of carbonyl (C=O) groups excluding carboxylic acids is 1. The zero-order valence-corrected chi connectivity index (χ0v) is 19.7. The summed E-state index contributed by atoms with van der Waals surface area (Å²) < 4.78 is 39.4. The van der Waals surface area contributed by atoms with E-state index in [1.54, 1.807) is 12.1 Å². The number of carbonyl (C=O) groups is 1. The molecule has 3 aromatic rings. The first kappa shape index (κ1) is 24.4. The van der Waals surface area contributed by atoms with Crippen molar-refractivity contribution in [3.8, 4) is 5.75 Å². The number of hydrazone groups is 2. The lowest BCUT2D eigenvalue weighted by molar-refractivity contribution is -0.137. The molecule has 10 nitrogen and oxygen atoms in total. The third-order valence-corrected chi connectivity index (χ3v) is 6.75. The third kappa shape index (κ3) is 4.41. The van der Waals surface area contributed by atoms with Gasteiger partial charge in [-0.15, -0.1) is 5.10 Å². The van der Waals surface area contributed by atoms with Crippen LogP contribution < -0.4 is 10.4 Å². The summed E-state index contributed by atoms with van der Waals surface area (Å²) in [4.78, 5) is 13.0. The molecule has 5 rings (SSSR count). The number of aromatic amines is 1. The number of hydrogen-bond donors (Lipinski definition) is 3. The van der Waals surface area contributed by atoms with Crippen LogP contribution in [0.3, 0.4) is 0 Å². The molecule has 1 amide bonds. The number of aromatic hydroxyl groups is 1. The maximum atomic E-state index is 13.1. The van der Waals surface area contributed by atoms with E-state index >= 15 is 0 Å². The monoisotopic (exact) mass is 512 g/mol. The standard InChI is InChI=1S/C24H23F3N8O2/c1-14-19(21(37)35(32-14)16-8-5-7-15(13-16)24(25,26)27)29-28-18-10-6-9-17(20(18)36)23(11-3-2-4-12-23)22-30-33-34-31-22/h5-10,13,28,36H,2-4,11-12H2,1H3,(H,30,31,33,34)/b29-19+. The topological polar surface area (TPSA) is 132 Å². The lowest BCUT2D eigenvalue weighted by atomic mass is 9.68. The maximum absolute atomic E-state index is 13.1. The largest absolute Gasteiger partial charge is 0.505 e. The number of hydrogen-bond acceptors (Lipinski definition) is 8. The Balaban J connectivity index is 1.43. The fourth-order valence-corrected chi connectivity index (χ4v) is 4.90. The van der Waals surface area contributed by atoms with Gasteiger partial charge in [-0.2, -0.15) is 28.4 Å². The minimum atomic E-state index is -4.56. The van der Waals surface area contributed by atoms with Crippen LogP contribution in [-0.2, 0) is 16.4 Å². The fraction of sp³-hybridized carbons (Fsp3) is 0.333. The van der Waals surface area contributed by atoms with Gasteiger partial charge < -0.3 is 5.11 Å². The highest BCUT2D eigenvalue weighted by Gasteiger charge is 2.41. The summed E-state index contributed by atoms with van der Waals surface area (Å²) in [5.74, 6) is -0.187. The number of benzene rings is 2. The summed E-state index contributed by atoms with van der Waals surface area (Å²) in [6, 6.07) is 9.50. The van der Waals surface area contributed by atoms with Crippen molar-refractivity contribution in [1.82, 2.24) is 20.6 Å². The first-order valence-corrected chi connectivity index (χ1v) is 11.7. The molecule has 2 heterocycles. The van der Waals surface area contributed by atoms with Gasteiger partial charge in [-0.25, -0.2) is 5.10 Å². The van der Waals surface area contributed by atoms with Gasteiger partial charge in [0.15, 0.2) is 11.5 Å².